The quantitative estimate of drug-likeness (QED) is 0.430. The second-order valence-electron chi connectivity index (χ2n) is 6.05. The summed E-state index contributed by atoms with van der Waals surface area (Å²) in [4.78, 5) is 41.1. The zero-order chi connectivity index (χ0) is 20.4. The van der Waals surface area contributed by atoms with Crippen molar-refractivity contribution in [2.24, 2.45) is 0 Å². The fourth-order valence-electron chi connectivity index (χ4n) is 3.00. The Hall–Kier alpha value is -2.74. The van der Waals surface area contributed by atoms with Gasteiger partial charge in [0, 0.05) is 21.5 Å². The molecule has 3 aromatic rings. The van der Waals surface area contributed by atoms with Crippen LogP contribution in [0.25, 0.3) is 21.9 Å². The number of methoxy groups -OCH3 is 1. The second kappa shape index (κ2) is 8.10. The maximum Gasteiger partial charge on any atom is 0.374 e. The van der Waals surface area contributed by atoms with Crippen LogP contribution in [0.5, 0.6) is 0 Å². The highest BCUT2D eigenvalue weighted by Gasteiger charge is 2.20. The highest BCUT2D eigenvalue weighted by atomic mass is 79.9. The third kappa shape index (κ3) is 3.52. The molecule has 0 saturated carbocycles. The summed E-state index contributed by atoms with van der Waals surface area (Å²) in [6, 6.07) is 4.32. The van der Waals surface area contributed by atoms with Gasteiger partial charge >= 0.3 is 11.9 Å². The highest BCUT2D eigenvalue weighted by Crippen LogP contribution is 2.32. The third-order valence-electron chi connectivity index (χ3n) is 4.21. The molecule has 3 rings (SSSR count). The summed E-state index contributed by atoms with van der Waals surface area (Å²) >= 11 is 3.44. The molecule has 0 aliphatic carbocycles. The van der Waals surface area contributed by atoms with E-state index >= 15 is 0 Å². The monoisotopic (exact) mass is 447 g/mol. The molecule has 0 amide bonds. The van der Waals surface area contributed by atoms with Gasteiger partial charge in [-0.2, -0.15) is 0 Å². The van der Waals surface area contributed by atoms with E-state index in [4.69, 9.17) is 13.9 Å². The lowest BCUT2D eigenvalue weighted by Crippen LogP contribution is -2.11. The van der Waals surface area contributed by atoms with E-state index in [-0.39, 0.29) is 29.1 Å². The Morgan fingerprint density at radius 3 is 2.54 bits per heavy atom. The van der Waals surface area contributed by atoms with Gasteiger partial charge in [0.1, 0.15) is 11.3 Å². The number of benzene rings is 1. The lowest BCUT2D eigenvalue weighted by molar-refractivity contribution is 0.0490. The van der Waals surface area contributed by atoms with Gasteiger partial charge in [-0.3, -0.25) is 4.79 Å². The lowest BCUT2D eigenvalue weighted by Gasteiger charge is -2.12. The minimum atomic E-state index is -0.707. The van der Waals surface area contributed by atoms with Crippen molar-refractivity contribution in [2.75, 3.05) is 13.7 Å². The van der Waals surface area contributed by atoms with Gasteiger partial charge in [0.05, 0.1) is 24.6 Å². The predicted octanol–water partition coefficient (Wildman–Crippen LogP) is 4.02. The normalized spacial score (nSPS) is 11.0. The van der Waals surface area contributed by atoms with E-state index in [1.54, 1.807) is 19.1 Å². The molecule has 1 aromatic carbocycles. The zero-order valence-electron chi connectivity index (χ0n) is 15.6. The Balaban J connectivity index is 2.42. The number of carbonyl (C=O) groups is 2. The molecule has 0 spiro atoms. The number of rotatable bonds is 5. The summed E-state index contributed by atoms with van der Waals surface area (Å²) in [7, 11) is 1.28. The van der Waals surface area contributed by atoms with Gasteiger partial charge in [0.15, 0.2) is 5.43 Å². The summed E-state index contributed by atoms with van der Waals surface area (Å²) in [6.45, 7) is 3.80. The fraction of sp³-hybridized carbons (Fsp3) is 0.300. The second-order valence-corrected chi connectivity index (χ2v) is 6.91. The summed E-state index contributed by atoms with van der Waals surface area (Å²) < 4.78 is 16.1. The number of hydrogen-bond donors (Lipinski definition) is 0. The molecule has 2 heterocycles. The number of hydrogen-bond acceptors (Lipinski definition) is 7. The predicted molar refractivity (Wildman–Crippen MR) is 107 cm³/mol. The van der Waals surface area contributed by atoms with Crippen molar-refractivity contribution in [3.63, 3.8) is 0 Å². The number of aromatic nitrogens is 1. The smallest absolute Gasteiger partial charge is 0.374 e. The number of aryl methyl sites for hydroxylation is 1. The van der Waals surface area contributed by atoms with E-state index in [1.807, 2.05) is 6.92 Å². The Morgan fingerprint density at radius 1 is 1.14 bits per heavy atom. The molecule has 7 nitrogen and oxygen atoms in total. The number of pyridine rings is 1. The number of halogens is 1. The van der Waals surface area contributed by atoms with E-state index in [0.29, 0.717) is 32.7 Å². The van der Waals surface area contributed by atoms with Gasteiger partial charge in [-0.15, -0.1) is 0 Å². The van der Waals surface area contributed by atoms with Crippen LogP contribution in [0.1, 0.15) is 46.9 Å². The number of ether oxygens (including phenoxy) is 2. The minimum Gasteiger partial charge on any atom is -0.464 e. The molecule has 0 fully saturated rings. The Morgan fingerprint density at radius 2 is 1.89 bits per heavy atom. The molecule has 2 aromatic heterocycles. The van der Waals surface area contributed by atoms with Gasteiger partial charge in [-0.25, -0.2) is 14.6 Å². The molecule has 0 N–H and O–H groups in total. The minimum absolute atomic E-state index is 0.127. The largest absolute Gasteiger partial charge is 0.464 e. The van der Waals surface area contributed by atoms with Crippen LogP contribution in [-0.4, -0.2) is 30.6 Å². The van der Waals surface area contributed by atoms with Crippen molar-refractivity contribution < 1.29 is 23.5 Å². The summed E-state index contributed by atoms with van der Waals surface area (Å²) in [5, 5.41) is 0.997. The van der Waals surface area contributed by atoms with E-state index in [1.165, 1.54) is 7.11 Å². The van der Waals surface area contributed by atoms with Gasteiger partial charge in [-0.1, -0.05) is 29.3 Å². The van der Waals surface area contributed by atoms with Crippen LogP contribution in [0.15, 0.2) is 31.9 Å². The van der Waals surface area contributed by atoms with Gasteiger partial charge < -0.3 is 13.9 Å². The first-order valence-electron chi connectivity index (χ1n) is 8.76. The van der Waals surface area contributed by atoms with Crippen LogP contribution in [0.4, 0.5) is 0 Å². The van der Waals surface area contributed by atoms with Crippen LogP contribution in [0.3, 0.4) is 0 Å². The first-order valence-corrected chi connectivity index (χ1v) is 9.55. The molecule has 0 aliphatic heterocycles. The van der Waals surface area contributed by atoms with E-state index in [0.717, 1.165) is 12.5 Å². The van der Waals surface area contributed by atoms with E-state index < -0.39 is 11.9 Å². The topological polar surface area (TPSA) is 95.7 Å². The van der Waals surface area contributed by atoms with Crippen LogP contribution < -0.4 is 5.43 Å². The molecule has 0 atom stereocenters. The lowest BCUT2D eigenvalue weighted by atomic mass is 10.0. The third-order valence-corrected chi connectivity index (χ3v) is 4.87. The van der Waals surface area contributed by atoms with Crippen molar-refractivity contribution in [3.8, 4) is 0 Å². The maximum absolute atomic E-state index is 12.7. The first-order chi connectivity index (χ1) is 13.4. The van der Waals surface area contributed by atoms with Crippen molar-refractivity contribution >= 4 is 49.7 Å². The van der Waals surface area contributed by atoms with E-state index in [2.05, 4.69) is 20.9 Å². The average Bonchev–Trinajstić information content (AvgIpc) is 2.68. The molecule has 0 aliphatic rings. The van der Waals surface area contributed by atoms with Crippen molar-refractivity contribution in [1.29, 1.82) is 0 Å². The molecule has 28 heavy (non-hydrogen) atoms. The molecular formula is C20H18BrNO6. The Labute approximate surface area is 168 Å². The Kier molecular flexibility index (Phi) is 5.79. The van der Waals surface area contributed by atoms with Crippen LogP contribution in [-0.2, 0) is 15.9 Å². The maximum atomic E-state index is 12.7. The highest BCUT2D eigenvalue weighted by molar-refractivity contribution is 9.10. The fourth-order valence-corrected chi connectivity index (χ4v) is 3.52. The molecule has 0 saturated heterocycles. The zero-order valence-corrected chi connectivity index (χ0v) is 17.2. The van der Waals surface area contributed by atoms with Gasteiger partial charge in [0.25, 0.3) is 0 Å². The van der Waals surface area contributed by atoms with Crippen LogP contribution >= 0.6 is 15.9 Å². The average molecular weight is 448 g/mol. The summed E-state index contributed by atoms with van der Waals surface area (Å²) in [5.41, 5.74) is 1.19. The Bertz CT molecular complexity index is 1150. The number of carbonyl (C=O) groups excluding carboxylic acids is 2. The van der Waals surface area contributed by atoms with Crippen LogP contribution in [0, 0.1) is 0 Å². The summed E-state index contributed by atoms with van der Waals surface area (Å²) in [5.74, 6) is -1.45. The first kappa shape index (κ1) is 20.0. The number of esters is 2. The number of fused-ring (bicyclic) bond motifs is 2. The molecule has 146 valence electrons. The van der Waals surface area contributed by atoms with Crippen LogP contribution in [0.2, 0.25) is 0 Å². The molecular weight excluding hydrogens is 430 g/mol. The van der Waals surface area contributed by atoms with Crippen molar-refractivity contribution in [2.45, 2.75) is 26.7 Å². The molecule has 8 heteroatoms. The van der Waals surface area contributed by atoms with Gasteiger partial charge in [0.2, 0.25) is 5.76 Å². The summed E-state index contributed by atoms with van der Waals surface area (Å²) in [6.07, 6.45) is 1.27. The number of nitrogens with zero attached hydrogens (tertiary/aromatic N) is 1. The van der Waals surface area contributed by atoms with E-state index in [9.17, 15) is 14.4 Å². The van der Waals surface area contributed by atoms with Crippen molar-refractivity contribution in [1.82, 2.24) is 4.98 Å². The molecule has 0 bridgehead atoms. The van der Waals surface area contributed by atoms with Crippen molar-refractivity contribution in [3.05, 3.63) is 49.9 Å². The van der Waals surface area contributed by atoms with Gasteiger partial charge in [-0.05, 0) is 25.5 Å². The molecule has 0 unspecified atom stereocenters. The molecule has 0 radical (unpaired) electrons. The SMILES string of the molecule is CCCc1c2nc(C(=O)OC)cc(Br)c2cc2c(=O)cc(C(=O)OCC)oc12. The standard InChI is InChI=1S/C20H18BrNO6/c1-4-6-10-17-11(13(21)8-14(22-17)19(24)26-3)7-12-15(23)9-16(28-18(10)12)20(25)27-5-2/h7-9H,4-6H2,1-3H3.